The highest BCUT2D eigenvalue weighted by molar-refractivity contribution is 5.51. The Morgan fingerprint density at radius 1 is 1.29 bits per heavy atom. The predicted molar refractivity (Wildman–Crippen MR) is 62.2 cm³/mol. The summed E-state index contributed by atoms with van der Waals surface area (Å²) < 4.78 is 1.59. The summed E-state index contributed by atoms with van der Waals surface area (Å²) in [7, 11) is 0. The topological polar surface area (TPSA) is 61.0 Å². The molecule has 1 saturated carbocycles. The maximum atomic E-state index is 10.9. The van der Waals surface area contributed by atoms with E-state index in [0.29, 0.717) is 11.6 Å². The van der Waals surface area contributed by atoms with Gasteiger partial charge < -0.3 is 0 Å². The Morgan fingerprint density at radius 2 is 2.06 bits per heavy atom. The molecule has 1 aliphatic carbocycles. The van der Waals surface area contributed by atoms with Crippen molar-refractivity contribution in [1.29, 1.82) is 0 Å². The standard InChI is InChI=1S/C12H11N3O2/c16-15(17)12-4-2-1-3-11(12)14-8-7-10(13-14)9-5-6-9/h1-4,7-9H,5-6H2. The van der Waals surface area contributed by atoms with Crippen molar-refractivity contribution in [3.63, 3.8) is 0 Å². The summed E-state index contributed by atoms with van der Waals surface area (Å²) in [6, 6.07) is 8.58. The number of rotatable bonds is 3. The highest BCUT2D eigenvalue weighted by atomic mass is 16.6. The smallest absolute Gasteiger partial charge is 0.258 e. The molecular formula is C12H11N3O2. The highest BCUT2D eigenvalue weighted by Crippen LogP contribution is 2.39. The van der Waals surface area contributed by atoms with E-state index >= 15 is 0 Å². The van der Waals surface area contributed by atoms with E-state index in [4.69, 9.17) is 0 Å². The van der Waals surface area contributed by atoms with Crippen LogP contribution in [-0.2, 0) is 0 Å². The summed E-state index contributed by atoms with van der Waals surface area (Å²) in [6.07, 6.45) is 4.14. The van der Waals surface area contributed by atoms with Gasteiger partial charge in [-0.25, -0.2) is 4.68 Å². The van der Waals surface area contributed by atoms with E-state index in [9.17, 15) is 10.1 Å². The van der Waals surface area contributed by atoms with Gasteiger partial charge in [-0.1, -0.05) is 12.1 Å². The van der Waals surface area contributed by atoms with Crippen LogP contribution in [0.4, 0.5) is 5.69 Å². The van der Waals surface area contributed by atoms with Gasteiger partial charge in [-0.15, -0.1) is 0 Å². The Hall–Kier alpha value is -2.17. The number of hydrogen-bond donors (Lipinski definition) is 0. The van der Waals surface area contributed by atoms with E-state index in [1.54, 1.807) is 29.1 Å². The molecule has 17 heavy (non-hydrogen) atoms. The number of aromatic nitrogens is 2. The molecule has 0 aliphatic heterocycles. The number of nitro benzene ring substituents is 1. The summed E-state index contributed by atoms with van der Waals surface area (Å²) in [6.45, 7) is 0. The second-order valence-electron chi connectivity index (χ2n) is 4.21. The van der Waals surface area contributed by atoms with Crippen LogP contribution in [0.2, 0.25) is 0 Å². The monoisotopic (exact) mass is 229 g/mol. The number of benzene rings is 1. The van der Waals surface area contributed by atoms with Gasteiger partial charge in [0.15, 0.2) is 0 Å². The van der Waals surface area contributed by atoms with E-state index < -0.39 is 0 Å². The summed E-state index contributed by atoms with van der Waals surface area (Å²) in [4.78, 5) is 10.5. The van der Waals surface area contributed by atoms with Crippen molar-refractivity contribution in [2.45, 2.75) is 18.8 Å². The molecule has 0 N–H and O–H groups in total. The molecule has 1 heterocycles. The number of nitro groups is 1. The quantitative estimate of drug-likeness (QED) is 0.600. The van der Waals surface area contributed by atoms with Gasteiger partial charge in [0.05, 0.1) is 10.6 Å². The fourth-order valence-corrected chi connectivity index (χ4v) is 1.88. The van der Waals surface area contributed by atoms with Crippen molar-refractivity contribution >= 4 is 5.69 Å². The zero-order chi connectivity index (χ0) is 11.8. The minimum absolute atomic E-state index is 0.0814. The molecule has 5 nitrogen and oxygen atoms in total. The van der Waals surface area contributed by atoms with Gasteiger partial charge in [-0.2, -0.15) is 5.10 Å². The molecule has 1 fully saturated rings. The molecule has 0 unspecified atom stereocenters. The molecule has 1 aromatic carbocycles. The van der Waals surface area contributed by atoms with Crippen molar-refractivity contribution in [3.8, 4) is 5.69 Å². The predicted octanol–water partition coefficient (Wildman–Crippen LogP) is 2.66. The first kappa shape index (κ1) is 10.0. The van der Waals surface area contributed by atoms with Gasteiger partial charge in [0.25, 0.3) is 5.69 Å². The van der Waals surface area contributed by atoms with Gasteiger partial charge in [0.2, 0.25) is 0 Å². The molecule has 3 rings (SSSR count). The summed E-state index contributed by atoms with van der Waals surface area (Å²) >= 11 is 0. The molecular weight excluding hydrogens is 218 g/mol. The highest BCUT2D eigenvalue weighted by Gasteiger charge is 2.26. The van der Waals surface area contributed by atoms with Crippen LogP contribution in [0.15, 0.2) is 36.5 Å². The van der Waals surface area contributed by atoms with E-state index in [2.05, 4.69) is 5.10 Å². The van der Waals surface area contributed by atoms with Crippen LogP contribution in [0.1, 0.15) is 24.5 Å². The van der Waals surface area contributed by atoms with Crippen molar-refractivity contribution in [2.75, 3.05) is 0 Å². The second kappa shape index (κ2) is 3.69. The fraction of sp³-hybridized carbons (Fsp3) is 0.250. The van der Waals surface area contributed by atoms with E-state index in [-0.39, 0.29) is 10.6 Å². The van der Waals surface area contributed by atoms with Crippen LogP contribution in [0.3, 0.4) is 0 Å². The average molecular weight is 229 g/mol. The molecule has 0 bridgehead atoms. The lowest BCUT2D eigenvalue weighted by atomic mass is 10.3. The lowest BCUT2D eigenvalue weighted by Crippen LogP contribution is -2.00. The third-order valence-electron chi connectivity index (χ3n) is 2.93. The molecule has 0 radical (unpaired) electrons. The molecule has 86 valence electrons. The Kier molecular flexibility index (Phi) is 2.18. The second-order valence-corrected chi connectivity index (χ2v) is 4.21. The van der Waals surface area contributed by atoms with Crippen LogP contribution >= 0.6 is 0 Å². The first-order valence-corrected chi connectivity index (χ1v) is 5.55. The van der Waals surface area contributed by atoms with Crippen LogP contribution in [0, 0.1) is 10.1 Å². The number of nitrogens with zero attached hydrogens (tertiary/aromatic N) is 3. The Labute approximate surface area is 97.8 Å². The third kappa shape index (κ3) is 1.80. The zero-order valence-corrected chi connectivity index (χ0v) is 9.11. The van der Waals surface area contributed by atoms with Crippen molar-refractivity contribution in [1.82, 2.24) is 9.78 Å². The van der Waals surface area contributed by atoms with Crippen molar-refractivity contribution < 1.29 is 4.92 Å². The minimum Gasteiger partial charge on any atom is -0.258 e. The lowest BCUT2D eigenvalue weighted by Gasteiger charge is -2.01. The minimum atomic E-state index is -0.381. The maximum absolute atomic E-state index is 10.9. The van der Waals surface area contributed by atoms with Crippen LogP contribution in [0.5, 0.6) is 0 Å². The summed E-state index contributed by atoms with van der Waals surface area (Å²) in [5, 5.41) is 15.3. The van der Waals surface area contributed by atoms with Crippen molar-refractivity contribution in [2.24, 2.45) is 0 Å². The number of para-hydroxylation sites is 2. The third-order valence-corrected chi connectivity index (χ3v) is 2.93. The normalized spacial score (nSPS) is 14.8. The van der Waals surface area contributed by atoms with Gasteiger partial charge in [0, 0.05) is 18.2 Å². The Bertz CT molecular complexity index is 573. The molecule has 0 amide bonds. The van der Waals surface area contributed by atoms with Crippen molar-refractivity contribution in [3.05, 3.63) is 52.3 Å². The molecule has 5 heteroatoms. The molecule has 1 aliphatic rings. The van der Waals surface area contributed by atoms with E-state index in [1.807, 2.05) is 6.07 Å². The van der Waals surface area contributed by atoms with Crippen LogP contribution in [0.25, 0.3) is 5.69 Å². The molecule has 0 atom stereocenters. The van der Waals surface area contributed by atoms with Crippen LogP contribution < -0.4 is 0 Å². The number of hydrogen-bond acceptors (Lipinski definition) is 3. The zero-order valence-electron chi connectivity index (χ0n) is 9.11. The fourth-order valence-electron chi connectivity index (χ4n) is 1.88. The van der Waals surface area contributed by atoms with Gasteiger partial charge in [-0.05, 0) is 25.0 Å². The van der Waals surface area contributed by atoms with E-state index in [1.165, 1.54) is 18.9 Å². The van der Waals surface area contributed by atoms with Gasteiger partial charge in [0.1, 0.15) is 5.69 Å². The van der Waals surface area contributed by atoms with E-state index in [0.717, 1.165) is 5.69 Å². The first-order valence-electron chi connectivity index (χ1n) is 5.55. The van der Waals surface area contributed by atoms with Gasteiger partial charge in [-0.3, -0.25) is 10.1 Å². The largest absolute Gasteiger partial charge is 0.294 e. The first-order chi connectivity index (χ1) is 8.25. The Balaban J connectivity index is 2.04. The average Bonchev–Trinajstić information content (AvgIpc) is 3.07. The lowest BCUT2D eigenvalue weighted by molar-refractivity contribution is -0.384. The SMILES string of the molecule is O=[N+]([O-])c1ccccc1-n1ccc(C2CC2)n1. The molecule has 0 saturated heterocycles. The molecule has 2 aromatic rings. The van der Waals surface area contributed by atoms with Crippen LogP contribution in [-0.4, -0.2) is 14.7 Å². The van der Waals surface area contributed by atoms with Gasteiger partial charge >= 0.3 is 0 Å². The molecule has 1 aromatic heterocycles. The summed E-state index contributed by atoms with van der Waals surface area (Å²) in [5.74, 6) is 0.555. The summed E-state index contributed by atoms with van der Waals surface area (Å²) in [5.41, 5.74) is 1.63. The maximum Gasteiger partial charge on any atom is 0.294 e. The molecule has 0 spiro atoms. The Morgan fingerprint density at radius 3 is 2.76 bits per heavy atom.